The van der Waals surface area contributed by atoms with E-state index < -0.39 is 29.8 Å². The van der Waals surface area contributed by atoms with Crippen molar-refractivity contribution in [1.82, 2.24) is 0 Å². The molecular weight excluding hydrogens is 832 g/mol. The van der Waals surface area contributed by atoms with E-state index in [0.29, 0.717) is 52.9 Å². The maximum absolute atomic E-state index is 9.87. The zero-order valence-corrected chi connectivity index (χ0v) is 34.6. The highest BCUT2D eigenvalue weighted by atomic mass is 16.6. The van der Waals surface area contributed by atoms with Gasteiger partial charge in [0.05, 0.1) is 194 Å². The molecule has 4 rings (SSSR count). The Kier molecular flexibility index (Phi) is 26.9. The minimum Gasteiger partial charge on any atom is -0.391 e. The summed E-state index contributed by atoms with van der Waals surface area (Å²) in [4.78, 5) is 10.2. The number of ether oxygens (including phenoxy) is 12. The van der Waals surface area contributed by atoms with Crippen LogP contribution in [0.3, 0.4) is 0 Å². The highest BCUT2D eigenvalue weighted by Gasteiger charge is 2.37. The van der Waals surface area contributed by atoms with Gasteiger partial charge in [0.2, 0.25) is 0 Å². The lowest BCUT2D eigenvalue weighted by atomic mass is 9.92. The average Bonchev–Trinajstić information content (AvgIpc) is 4.04. The lowest BCUT2D eigenvalue weighted by Gasteiger charge is -2.34. The van der Waals surface area contributed by atoms with Crippen molar-refractivity contribution in [2.45, 2.75) is 48.8 Å². The Labute approximate surface area is 357 Å². The van der Waals surface area contributed by atoms with E-state index >= 15 is 0 Å². The van der Waals surface area contributed by atoms with Gasteiger partial charge >= 0.3 is 0 Å². The molecule has 62 heavy (non-hydrogen) atoms. The summed E-state index contributed by atoms with van der Waals surface area (Å²) in [5.74, 6) is 0. The third-order valence-electron chi connectivity index (χ3n) is 8.75. The molecule has 0 amide bonds. The minimum absolute atomic E-state index is 0.147. The first-order valence-electron chi connectivity index (χ1n) is 20.0. The number of hydrogen-bond donors (Lipinski definition) is 4. The molecule has 0 aromatic heterocycles. The van der Waals surface area contributed by atoms with Gasteiger partial charge in [-0.25, -0.2) is 0 Å². The molecule has 4 N–H and O–H groups in total. The van der Waals surface area contributed by atoms with Crippen molar-refractivity contribution in [3.05, 3.63) is 41.8 Å². The quantitative estimate of drug-likeness (QED) is 0.0279. The summed E-state index contributed by atoms with van der Waals surface area (Å²) >= 11 is 0. The second kappa shape index (κ2) is 31.4. The molecule has 4 aliphatic rings. The van der Waals surface area contributed by atoms with Crippen molar-refractivity contribution < 1.29 is 77.3 Å². The molecule has 0 radical (unpaired) electrons. The third-order valence-corrected chi connectivity index (χ3v) is 8.75. The smallest absolute Gasteiger partial charge is 0.104 e. The summed E-state index contributed by atoms with van der Waals surface area (Å²) in [6, 6.07) is 0. The highest BCUT2D eigenvalue weighted by molar-refractivity contribution is 4.84. The lowest BCUT2D eigenvalue weighted by Crippen LogP contribution is -2.44. The molecular formula is C34H60N12O16. The van der Waals surface area contributed by atoms with Gasteiger partial charge in [-0.05, 0) is 22.1 Å². The van der Waals surface area contributed by atoms with Crippen LogP contribution in [0.25, 0.3) is 41.8 Å². The van der Waals surface area contributed by atoms with Crippen molar-refractivity contribution in [3.8, 4) is 0 Å². The number of rotatable bonds is 40. The van der Waals surface area contributed by atoms with Crippen LogP contribution < -0.4 is 0 Å². The van der Waals surface area contributed by atoms with Crippen LogP contribution in [0.1, 0.15) is 0 Å². The van der Waals surface area contributed by atoms with E-state index in [2.05, 4.69) is 40.1 Å². The maximum atomic E-state index is 9.87. The van der Waals surface area contributed by atoms with E-state index in [1.165, 1.54) is 0 Å². The Balaban J connectivity index is 0.000000351. The Morgan fingerprint density at radius 2 is 0.597 bits per heavy atom. The molecule has 0 aromatic rings. The highest BCUT2D eigenvalue weighted by Crippen LogP contribution is 2.25. The molecule has 28 nitrogen and oxygen atoms in total. The maximum Gasteiger partial charge on any atom is 0.104 e. The van der Waals surface area contributed by atoms with Gasteiger partial charge in [-0.1, -0.05) is 20.5 Å². The number of epoxide rings is 4. The second-order valence-corrected chi connectivity index (χ2v) is 15.2. The summed E-state index contributed by atoms with van der Waals surface area (Å²) in [5.41, 5.74) is 32.0. The summed E-state index contributed by atoms with van der Waals surface area (Å²) < 4.78 is 66.7. The summed E-state index contributed by atoms with van der Waals surface area (Å²) in [6.07, 6.45) is -3.45. The van der Waals surface area contributed by atoms with Gasteiger partial charge in [0.15, 0.2) is 0 Å². The third kappa shape index (κ3) is 26.9. The van der Waals surface area contributed by atoms with Crippen molar-refractivity contribution in [2.75, 3.05) is 158 Å². The molecule has 0 aromatic carbocycles. The monoisotopic (exact) mass is 892 g/mol. The van der Waals surface area contributed by atoms with Crippen LogP contribution in [0.2, 0.25) is 0 Å². The van der Waals surface area contributed by atoms with E-state index in [-0.39, 0.29) is 109 Å². The van der Waals surface area contributed by atoms with Crippen LogP contribution in [0.4, 0.5) is 0 Å². The Morgan fingerprint density at radius 1 is 0.403 bits per heavy atom. The Hall–Kier alpha value is -3.40. The van der Waals surface area contributed by atoms with Crippen LogP contribution in [0, 0.1) is 10.8 Å². The van der Waals surface area contributed by atoms with Crippen molar-refractivity contribution in [1.29, 1.82) is 0 Å². The normalized spacial score (nSPS) is 23.2. The number of aliphatic hydroxyl groups excluding tert-OH is 4. The molecule has 4 fully saturated rings. The van der Waals surface area contributed by atoms with E-state index in [1.807, 2.05) is 0 Å². The molecule has 0 saturated carbocycles. The SMILES string of the molecule is C(OCC(COCC1CO1)(COCC1CO1)COCC1CO1)C1CO1.[N-]=[N+]=NCC(O)COCC(COCC(O)CN=[N+]=[N-])(COCC(O)CN=[N+]=[N-])COCC(O)CN=[N+]=[N-]. The number of nitrogens with zero attached hydrogens (tertiary/aromatic N) is 12. The Bertz CT molecular complexity index is 1210. The van der Waals surface area contributed by atoms with Gasteiger partial charge in [-0.15, -0.1) is 0 Å². The van der Waals surface area contributed by atoms with Gasteiger partial charge < -0.3 is 77.3 Å². The minimum atomic E-state index is -1.12. The lowest BCUT2D eigenvalue weighted by molar-refractivity contribution is -0.130. The molecule has 4 aliphatic heterocycles. The molecule has 352 valence electrons. The van der Waals surface area contributed by atoms with E-state index in [9.17, 15) is 20.4 Å². The molecule has 8 atom stereocenters. The van der Waals surface area contributed by atoms with Gasteiger partial charge in [0.1, 0.15) is 24.4 Å². The van der Waals surface area contributed by atoms with E-state index in [1.54, 1.807) is 0 Å². The number of aliphatic hydroxyl groups is 4. The van der Waals surface area contributed by atoms with Crippen LogP contribution >= 0.6 is 0 Å². The average molecular weight is 893 g/mol. The van der Waals surface area contributed by atoms with E-state index in [4.69, 9.17) is 79.0 Å². The van der Waals surface area contributed by atoms with Crippen LogP contribution in [0.5, 0.6) is 0 Å². The molecule has 0 spiro atoms. The molecule has 0 aliphatic carbocycles. The fraction of sp³-hybridized carbons (Fsp3) is 1.00. The van der Waals surface area contributed by atoms with Crippen molar-refractivity contribution in [3.63, 3.8) is 0 Å². The first kappa shape index (κ1) is 52.9. The molecule has 4 saturated heterocycles. The first-order valence-corrected chi connectivity index (χ1v) is 20.0. The largest absolute Gasteiger partial charge is 0.391 e. The van der Waals surface area contributed by atoms with Crippen LogP contribution in [-0.2, 0) is 56.8 Å². The van der Waals surface area contributed by atoms with Crippen molar-refractivity contribution in [2.24, 2.45) is 31.3 Å². The van der Waals surface area contributed by atoms with E-state index in [0.717, 1.165) is 26.4 Å². The van der Waals surface area contributed by atoms with Crippen molar-refractivity contribution >= 4 is 0 Å². The number of hydrogen-bond acceptors (Lipinski definition) is 20. The molecule has 28 heteroatoms. The fourth-order valence-electron chi connectivity index (χ4n) is 5.16. The summed E-state index contributed by atoms with van der Waals surface area (Å²) in [6.45, 7) is 5.20. The Morgan fingerprint density at radius 3 is 0.774 bits per heavy atom. The van der Waals surface area contributed by atoms with Gasteiger partial charge in [-0.2, -0.15) is 0 Å². The van der Waals surface area contributed by atoms with Crippen LogP contribution in [0.15, 0.2) is 20.5 Å². The number of azide groups is 4. The predicted molar refractivity (Wildman–Crippen MR) is 210 cm³/mol. The van der Waals surface area contributed by atoms with Gasteiger partial charge in [-0.3, -0.25) is 0 Å². The second-order valence-electron chi connectivity index (χ2n) is 15.2. The zero-order valence-electron chi connectivity index (χ0n) is 34.6. The fourth-order valence-corrected chi connectivity index (χ4v) is 5.16. The molecule has 8 unspecified atom stereocenters. The predicted octanol–water partition coefficient (Wildman–Crippen LogP) is 0.358. The molecule has 0 bridgehead atoms. The van der Waals surface area contributed by atoms with Crippen LogP contribution in [-0.4, -0.2) is 228 Å². The topological polar surface area (TPSA) is 400 Å². The van der Waals surface area contributed by atoms with Gasteiger partial charge in [0, 0.05) is 19.6 Å². The molecule has 4 heterocycles. The summed E-state index contributed by atoms with van der Waals surface area (Å²) in [5, 5.41) is 52.5. The summed E-state index contributed by atoms with van der Waals surface area (Å²) in [7, 11) is 0. The van der Waals surface area contributed by atoms with Gasteiger partial charge in [0.25, 0.3) is 0 Å². The zero-order chi connectivity index (χ0) is 44.7. The first-order chi connectivity index (χ1) is 30.1. The standard InChI is InChI=1S/C17H32N12O8.C17H28O8/c18-26-22-1-13(30)5-34-9-17(10-35-6-14(31)2-23-27-19,11-36-7-15(32)3-24-28-20)12-37-8-16(33)4-25-29-21;1(13-5-22-13)18-9-17(10-19-2-14-6-23-14,11-20-3-15-7-24-15)12-21-4-16-8-25-16/h13-16,30-33H,1-12H2;13-16H,1-12H2.